The van der Waals surface area contributed by atoms with Crippen LogP contribution in [-0.4, -0.2) is 73.0 Å². The molecule has 4 aliphatic heterocycles. The maximum atomic E-state index is 11.5. The molecule has 5 N–H and O–H groups in total. The average molecular weight is 474 g/mol. The van der Waals surface area contributed by atoms with Gasteiger partial charge >= 0.3 is 0 Å². The zero-order chi connectivity index (χ0) is 23.5. The monoisotopic (exact) mass is 473 g/mol. The molecule has 0 bridgehead atoms. The molecule has 34 heavy (non-hydrogen) atoms. The largest absolute Gasteiger partial charge is 0.369 e. The molecule has 4 heterocycles. The Bertz CT molecular complexity index is 729. The third-order valence-electron chi connectivity index (χ3n) is 9.22. The van der Waals surface area contributed by atoms with Gasteiger partial charge in [0.2, 0.25) is 5.91 Å². The Hall–Kier alpha value is -1.28. The molecule has 0 spiro atoms. The van der Waals surface area contributed by atoms with Crippen molar-refractivity contribution < 1.29 is 9.63 Å². The second-order valence-corrected chi connectivity index (χ2v) is 11.3. The van der Waals surface area contributed by atoms with Crippen molar-refractivity contribution in [1.82, 2.24) is 25.9 Å². The van der Waals surface area contributed by atoms with Crippen LogP contribution in [0.4, 0.5) is 0 Å². The molecule has 5 aliphatic rings. The number of nitriles is 1. The summed E-state index contributed by atoms with van der Waals surface area (Å²) in [6, 6.07) is 2.89. The fourth-order valence-electron chi connectivity index (χ4n) is 7.04. The molecular formula is C25H43N7O2. The molecule has 0 aromatic carbocycles. The number of hydrogen-bond donors (Lipinski definition) is 4. The van der Waals surface area contributed by atoms with E-state index in [0.717, 1.165) is 77.2 Å². The Kier molecular flexibility index (Phi) is 8.04. The van der Waals surface area contributed by atoms with Crippen molar-refractivity contribution in [3.05, 3.63) is 0 Å². The number of nitrogens with one attached hydrogen (secondary N) is 3. The highest BCUT2D eigenvalue weighted by Crippen LogP contribution is 2.33. The van der Waals surface area contributed by atoms with E-state index in [2.05, 4.69) is 32.0 Å². The lowest BCUT2D eigenvalue weighted by Gasteiger charge is -2.42. The van der Waals surface area contributed by atoms with Gasteiger partial charge in [-0.2, -0.15) is 10.7 Å². The highest BCUT2D eigenvalue weighted by Gasteiger charge is 2.42. The van der Waals surface area contributed by atoms with Crippen LogP contribution in [-0.2, 0) is 9.63 Å². The minimum atomic E-state index is -0.146. The van der Waals surface area contributed by atoms with Gasteiger partial charge in [-0.15, -0.1) is 0 Å². The van der Waals surface area contributed by atoms with Crippen LogP contribution in [0.5, 0.6) is 0 Å². The summed E-state index contributed by atoms with van der Waals surface area (Å²) in [5, 5.41) is 16.7. The van der Waals surface area contributed by atoms with E-state index in [4.69, 9.17) is 10.6 Å². The molecule has 190 valence electrons. The highest BCUT2D eigenvalue weighted by molar-refractivity contribution is 5.76. The van der Waals surface area contributed by atoms with E-state index in [1.165, 1.54) is 25.7 Å². The van der Waals surface area contributed by atoms with Crippen molar-refractivity contribution in [2.45, 2.75) is 88.8 Å². The Labute approximate surface area is 204 Å². The molecular weight excluding hydrogens is 430 g/mol. The molecule has 0 aromatic rings. The molecule has 4 saturated heterocycles. The van der Waals surface area contributed by atoms with E-state index < -0.39 is 0 Å². The molecule has 1 aliphatic carbocycles. The summed E-state index contributed by atoms with van der Waals surface area (Å²) in [6.07, 6.45) is 11.5. The van der Waals surface area contributed by atoms with Crippen LogP contribution in [0.1, 0.15) is 64.2 Å². The van der Waals surface area contributed by atoms with Crippen LogP contribution in [0.25, 0.3) is 0 Å². The standard InChI is InChI=1S/C25H43N7O2/c26-15-17-3-5-18(6-4-17)16-32-11-1-2-21(32)25-29-24(30-34-25)20-7-10-28-22(14-20)31-12-8-19(9-13-31)23(27)33/h17-22,24-25,28-30H,1-14,16H2,(H2,27,33). The number of carbonyl (C=O) groups is 1. The minimum Gasteiger partial charge on any atom is -0.369 e. The lowest BCUT2D eigenvalue weighted by molar-refractivity contribution is -0.123. The number of hydroxylamine groups is 1. The summed E-state index contributed by atoms with van der Waals surface area (Å²) in [7, 11) is 0. The predicted octanol–water partition coefficient (Wildman–Crippen LogP) is 1.08. The second kappa shape index (κ2) is 11.2. The maximum absolute atomic E-state index is 11.5. The van der Waals surface area contributed by atoms with Gasteiger partial charge in [-0.3, -0.25) is 24.7 Å². The Morgan fingerprint density at radius 2 is 1.85 bits per heavy atom. The number of nitrogens with two attached hydrogens (primary N) is 1. The van der Waals surface area contributed by atoms with Gasteiger partial charge in [0.05, 0.1) is 24.4 Å². The lowest BCUT2D eigenvalue weighted by Crippen LogP contribution is -2.57. The van der Waals surface area contributed by atoms with Gasteiger partial charge < -0.3 is 11.1 Å². The molecule has 1 saturated carbocycles. The van der Waals surface area contributed by atoms with Crippen molar-refractivity contribution in [2.24, 2.45) is 29.4 Å². The Balaban J connectivity index is 1.10. The van der Waals surface area contributed by atoms with Crippen molar-refractivity contribution >= 4 is 5.91 Å². The van der Waals surface area contributed by atoms with Crippen LogP contribution in [0, 0.1) is 35.0 Å². The summed E-state index contributed by atoms with van der Waals surface area (Å²) < 4.78 is 0. The number of piperidine rings is 2. The smallest absolute Gasteiger partial charge is 0.220 e. The quantitative estimate of drug-likeness (QED) is 0.453. The first kappa shape index (κ1) is 24.4. The number of likely N-dealkylation sites (tertiary alicyclic amines) is 2. The summed E-state index contributed by atoms with van der Waals surface area (Å²) >= 11 is 0. The van der Waals surface area contributed by atoms with E-state index in [1.807, 2.05) is 0 Å². The number of primary amides is 1. The first-order valence-electron chi connectivity index (χ1n) is 13.7. The van der Waals surface area contributed by atoms with Gasteiger partial charge in [-0.25, -0.2) is 0 Å². The number of nitrogens with zero attached hydrogens (tertiary/aromatic N) is 3. The van der Waals surface area contributed by atoms with Crippen LogP contribution in [0.15, 0.2) is 0 Å². The zero-order valence-corrected chi connectivity index (χ0v) is 20.5. The van der Waals surface area contributed by atoms with E-state index in [-0.39, 0.29) is 30.1 Å². The van der Waals surface area contributed by atoms with E-state index in [1.54, 1.807) is 0 Å². The molecule has 0 radical (unpaired) electrons. The molecule has 1 amide bonds. The van der Waals surface area contributed by atoms with Gasteiger partial charge in [0.15, 0.2) is 0 Å². The zero-order valence-electron chi connectivity index (χ0n) is 20.5. The summed E-state index contributed by atoms with van der Waals surface area (Å²) in [6.45, 7) is 5.19. The fraction of sp³-hybridized carbons (Fsp3) is 0.920. The van der Waals surface area contributed by atoms with Crippen LogP contribution in [0.2, 0.25) is 0 Å². The van der Waals surface area contributed by atoms with Gasteiger partial charge in [0.25, 0.3) is 0 Å². The predicted molar refractivity (Wildman–Crippen MR) is 129 cm³/mol. The highest BCUT2D eigenvalue weighted by atomic mass is 16.7. The maximum Gasteiger partial charge on any atom is 0.220 e. The third-order valence-corrected chi connectivity index (χ3v) is 9.22. The molecule has 5 fully saturated rings. The summed E-state index contributed by atoms with van der Waals surface area (Å²) in [4.78, 5) is 22.8. The molecule has 9 nitrogen and oxygen atoms in total. The minimum absolute atomic E-state index is 0.0405. The Morgan fingerprint density at radius 3 is 2.59 bits per heavy atom. The third kappa shape index (κ3) is 5.58. The first-order chi connectivity index (χ1) is 16.6. The molecule has 0 aromatic heterocycles. The van der Waals surface area contributed by atoms with E-state index in [9.17, 15) is 10.1 Å². The average Bonchev–Trinajstić information content (AvgIpc) is 3.54. The number of carbonyl (C=O) groups excluding carboxylic acids is 1. The SMILES string of the molecule is N#CC1CCC(CN2CCCC2C2NC(C3CCNC(N4CCC(C(N)=O)CC4)C3)NO2)CC1. The topological polar surface area (TPSA) is 119 Å². The number of rotatable bonds is 6. The Morgan fingerprint density at radius 1 is 1.06 bits per heavy atom. The summed E-state index contributed by atoms with van der Waals surface area (Å²) in [5.41, 5.74) is 8.87. The summed E-state index contributed by atoms with van der Waals surface area (Å²) in [5.74, 6) is 1.41. The van der Waals surface area contributed by atoms with Gasteiger partial charge in [-0.05, 0) is 89.1 Å². The van der Waals surface area contributed by atoms with Crippen molar-refractivity contribution in [3.8, 4) is 6.07 Å². The van der Waals surface area contributed by atoms with Crippen molar-refractivity contribution in [2.75, 3.05) is 32.7 Å². The van der Waals surface area contributed by atoms with Gasteiger partial charge in [0, 0.05) is 31.5 Å². The van der Waals surface area contributed by atoms with Crippen LogP contribution < -0.4 is 21.8 Å². The normalized spacial score (nSPS) is 40.9. The number of hydrogen-bond acceptors (Lipinski definition) is 8. The molecule has 5 atom stereocenters. The van der Waals surface area contributed by atoms with Crippen molar-refractivity contribution in [1.29, 1.82) is 5.26 Å². The molecule has 9 heteroatoms. The number of amides is 1. The van der Waals surface area contributed by atoms with Gasteiger partial charge in [0.1, 0.15) is 6.23 Å². The van der Waals surface area contributed by atoms with Gasteiger partial charge in [-0.1, -0.05) is 0 Å². The lowest BCUT2D eigenvalue weighted by atomic mass is 9.82. The van der Waals surface area contributed by atoms with Crippen LogP contribution in [0.3, 0.4) is 0 Å². The van der Waals surface area contributed by atoms with E-state index >= 15 is 0 Å². The molecule has 5 rings (SSSR count). The van der Waals surface area contributed by atoms with Crippen molar-refractivity contribution in [3.63, 3.8) is 0 Å². The van der Waals surface area contributed by atoms with Crippen LogP contribution >= 0.6 is 0 Å². The molecule has 5 unspecified atom stereocenters. The van der Waals surface area contributed by atoms with E-state index in [0.29, 0.717) is 18.1 Å². The first-order valence-corrected chi connectivity index (χ1v) is 13.7. The second-order valence-electron chi connectivity index (χ2n) is 11.3. The fourth-order valence-corrected chi connectivity index (χ4v) is 7.04.